The highest BCUT2D eigenvalue weighted by Crippen LogP contribution is 2.12. The van der Waals surface area contributed by atoms with E-state index >= 15 is 0 Å². The molecule has 7 heteroatoms. The summed E-state index contributed by atoms with van der Waals surface area (Å²) in [4.78, 5) is 40.2. The lowest BCUT2D eigenvalue weighted by molar-refractivity contribution is -0.127. The Hall–Kier alpha value is -3.48. The average molecular weight is 336 g/mol. The van der Waals surface area contributed by atoms with E-state index in [1.54, 1.807) is 54.6 Å². The Morgan fingerprint density at radius 3 is 2.48 bits per heavy atom. The first-order valence-electron chi connectivity index (χ1n) is 7.64. The average Bonchev–Trinajstić information content (AvgIpc) is 2.62. The van der Waals surface area contributed by atoms with Gasteiger partial charge >= 0.3 is 0 Å². The molecule has 1 aromatic heterocycles. The zero-order chi connectivity index (χ0) is 17.8. The minimum absolute atomic E-state index is 0.238. The van der Waals surface area contributed by atoms with Gasteiger partial charge in [0.2, 0.25) is 11.8 Å². The number of hydrogen-bond donors (Lipinski definition) is 2. The summed E-state index contributed by atoms with van der Waals surface area (Å²) >= 11 is 0. The number of rotatable bonds is 5. The van der Waals surface area contributed by atoms with Crippen LogP contribution in [0.15, 0.2) is 65.6 Å². The van der Waals surface area contributed by atoms with Crippen LogP contribution in [0, 0.1) is 0 Å². The summed E-state index contributed by atoms with van der Waals surface area (Å²) in [7, 11) is 0. The van der Waals surface area contributed by atoms with Crippen LogP contribution in [0.2, 0.25) is 0 Å². The molecule has 0 aliphatic carbocycles. The van der Waals surface area contributed by atoms with Crippen LogP contribution >= 0.6 is 0 Å². The van der Waals surface area contributed by atoms with Crippen molar-refractivity contribution < 1.29 is 9.59 Å². The molecule has 1 heterocycles. The van der Waals surface area contributed by atoms with Crippen LogP contribution in [0.1, 0.15) is 11.6 Å². The molecule has 7 nitrogen and oxygen atoms in total. The summed E-state index contributed by atoms with van der Waals surface area (Å²) in [6.07, 6.45) is 1.17. The van der Waals surface area contributed by atoms with Gasteiger partial charge in [-0.15, -0.1) is 0 Å². The van der Waals surface area contributed by atoms with Gasteiger partial charge in [-0.1, -0.05) is 42.5 Å². The maximum atomic E-state index is 12.4. The summed E-state index contributed by atoms with van der Waals surface area (Å²) in [5.74, 6) is -1.17. The summed E-state index contributed by atoms with van der Waals surface area (Å²) in [6, 6.07) is 14.7. The van der Waals surface area contributed by atoms with Gasteiger partial charge in [0, 0.05) is 0 Å². The summed E-state index contributed by atoms with van der Waals surface area (Å²) in [5.41, 5.74) is 6.72. The maximum absolute atomic E-state index is 12.4. The van der Waals surface area contributed by atoms with Crippen molar-refractivity contribution in [1.82, 2.24) is 14.9 Å². The lowest BCUT2D eigenvalue weighted by Gasteiger charge is -2.17. The first-order valence-corrected chi connectivity index (χ1v) is 7.64. The molecule has 0 bridgehead atoms. The SMILES string of the molecule is NC(=O)C(NC(=O)Cn1c(=O)cnc2ccccc21)c1ccccc1. The third-order valence-corrected chi connectivity index (χ3v) is 3.78. The Bertz CT molecular complexity index is 982. The Balaban J connectivity index is 1.86. The molecule has 0 aliphatic heterocycles. The van der Waals surface area contributed by atoms with Crippen LogP contribution < -0.4 is 16.6 Å². The monoisotopic (exact) mass is 336 g/mol. The van der Waals surface area contributed by atoms with Gasteiger partial charge in [0.25, 0.3) is 5.56 Å². The van der Waals surface area contributed by atoms with E-state index in [1.807, 2.05) is 0 Å². The highest BCUT2D eigenvalue weighted by Gasteiger charge is 2.20. The second-order valence-corrected chi connectivity index (χ2v) is 5.48. The van der Waals surface area contributed by atoms with Crippen molar-refractivity contribution in [3.8, 4) is 0 Å². The molecule has 0 fully saturated rings. The van der Waals surface area contributed by atoms with Crippen molar-refractivity contribution in [3.63, 3.8) is 0 Å². The maximum Gasteiger partial charge on any atom is 0.269 e. The quantitative estimate of drug-likeness (QED) is 0.716. The molecule has 25 heavy (non-hydrogen) atoms. The molecule has 3 N–H and O–H groups in total. The van der Waals surface area contributed by atoms with Crippen LogP contribution in [0.4, 0.5) is 0 Å². The Labute approximate surface area is 143 Å². The van der Waals surface area contributed by atoms with E-state index in [2.05, 4.69) is 10.3 Å². The second-order valence-electron chi connectivity index (χ2n) is 5.48. The molecule has 0 radical (unpaired) electrons. The van der Waals surface area contributed by atoms with Crippen molar-refractivity contribution in [2.45, 2.75) is 12.6 Å². The number of nitrogens with two attached hydrogens (primary N) is 1. The molecular formula is C18H16N4O3. The predicted octanol–water partition coefficient (Wildman–Crippen LogP) is 0.739. The molecule has 2 amide bonds. The van der Waals surface area contributed by atoms with Crippen molar-refractivity contribution in [2.75, 3.05) is 0 Å². The fourth-order valence-electron chi connectivity index (χ4n) is 2.59. The number of carbonyl (C=O) groups excluding carboxylic acids is 2. The highest BCUT2D eigenvalue weighted by molar-refractivity contribution is 5.88. The van der Waals surface area contributed by atoms with Gasteiger partial charge in [0.05, 0.1) is 17.2 Å². The van der Waals surface area contributed by atoms with Gasteiger partial charge in [0.15, 0.2) is 0 Å². The van der Waals surface area contributed by atoms with E-state index in [4.69, 9.17) is 5.73 Å². The molecule has 0 spiro atoms. The molecule has 1 atom stereocenters. The molecule has 0 saturated heterocycles. The summed E-state index contributed by atoms with van der Waals surface area (Å²) in [5, 5.41) is 2.58. The summed E-state index contributed by atoms with van der Waals surface area (Å²) < 4.78 is 1.31. The standard InChI is InChI=1S/C18H16N4O3/c19-18(25)17(12-6-2-1-3-7-12)21-15(23)11-22-14-9-5-4-8-13(14)20-10-16(22)24/h1-10,17H,11H2,(H2,19,25)(H,21,23). The zero-order valence-electron chi connectivity index (χ0n) is 13.3. The molecule has 2 aromatic carbocycles. The fourth-order valence-corrected chi connectivity index (χ4v) is 2.59. The number of nitrogens with one attached hydrogen (secondary N) is 1. The first kappa shape index (κ1) is 16.4. The molecule has 0 aliphatic rings. The number of aromatic nitrogens is 2. The minimum Gasteiger partial charge on any atom is -0.368 e. The zero-order valence-corrected chi connectivity index (χ0v) is 13.3. The number of hydrogen-bond acceptors (Lipinski definition) is 4. The van der Waals surface area contributed by atoms with Crippen LogP contribution in [0.25, 0.3) is 11.0 Å². The fraction of sp³-hybridized carbons (Fsp3) is 0.111. The molecule has 1 unspecified atom stereocenters. The number of amides is 2. The van der Waals surface area contributed by atoms with Crippen LogP contribution in [0.5, 0.6) is 0 Å². The van der Waals surface area contributed by atoms with E-state index in [1.165, 1.54) is 10.8 Å². The third-order valence-electron chi connectivity index (χ3n) is 3.78. The van der Waals surface area contributed by atoms with Crippen molar-refractivity contribution in [1.29, 1.82) is 0 Å². The lowest BCUT2D eigenvalue weighted by atomic mass is 10.1. The first-order chi connectivity index (χ1) is 12.1. The van der Waals surface area contributed by atoms with E-state index in [9.17, 15) is 14.4 Å². The van der Waals surface area contributed by atoms with Gasteiger partial charge < -0.3 is 11.1 Å². The van der Waals surface area contributed by atoms with Crippen molar-refractivity contribution >= 4 is 22.8 Å². The van der Waals surface area contributed by atoms with Gasteiger partial charge in [-0.2, -0.15) is 0 Å². The molecule has 126 valence electrons. The van der Waals surface area contributed by atoms with Gasteiger partial charge in [0.1, 0.15) is 12.6 Å². The predicted molar refractivity (Wildman–Crippen MR) is 92.5 cm³/mol. The third kappa shape index (κ3) is 3.55. The van der Waals surface area contributed by atoms with Gasteiger partial charge in [-0.3, -0.25) is 19.0 Å². The Morgan fingerprint density at radius 2 is 1.76 bits per heavy atom. The van der Waals surface area contributed by atoms with Crippen LogP contribution in [-0.4, -0.2) is 21.4 Å². The molecule has 0 saturated carbocycles. The topological polar surface area (TPSA) is 107 Å². The van der Waals surface area contributed by atoms with Crippen LogP contribution in [-0.2, 0) is 16.1 Å². The number of para-hydroxylation sites is 2. The number of benzene rings is 2. The van der Waals surface area contributed by atoms with Crippen molar-refractivity contribution in [3.05, 3.63) is 76.7 Å². The van der Waals surface area contributed by atoms with Crippen LogP contribution in [0.3, 0.4) is 0 Å². The summed E-state index contributed by atoms with van der Waals surface area (Å²) in [6.45, 7) is -0.238. The smallest absolute Gasteiger partial charge is 0.269 e. The van der Waals surface area contributed by atoms with E-state index in [0.717, 1.165) is 0 Å². The molecular weight excluding hydrogens is 320 g/mol. The van der Waals surface area contributed by atoms with E-state index in [0.29, 0.717) is 16.6 Å². The molecule has 3 rings (SSSR count). The van der Waals surface area contributed by atoms with Gasteiger partial charge in [-0.05, 0) is 17.7 Å². The Kier molecular flexibility index (Phi) is 4.56. The highest BCUT2D eigenvalue weighted by atomic mass is 16.2. The number of nitrogens with zero attached hydrogens (tertiary/aromatic N) is 2. The second kappa shape index (κ2) is 6.96. The minimum atomic E-state index is -0.961. The Morgan fingerprint density at radius 1 is 1.08 bits per heavy atom. The number of carbonyl (C=O) groups is 2. The normalized spacial score (nSPS) is 11.8. The van der Waals surface area contributed by atoms with Crippen molar-refractivity contribution in [2.24, 2.45) is 5.73 Å². The number of fused-ring (bicyclic) bond motifs is 1. The largest absolute Gasteiger partial charge is 0.368 e. The van der Waals surface area contributed by atoms with E-state index in [-0.39, 0.29) is 6.54 Å². The molecule has 3 aromatic rings. The van der Waals surface area contributed by atoms with Gasteiger partial charge in [-0.25, -0.2) is 4.98 Å². The number of primary amides is 1. The lowest BCUT2D eigenvalue weighted by Crippen LogP contribution is -2.40. The van der Waals surface area contributed by atoms with E-state index < -0.39 is 23.4 Å².